The average Bonchev–Trinajstić information content (AvgIpc) is 1.35. The van der Waals surface area contributed by atoms with Crippen LogP contribution in [-0.2, 0) is 9.59 Å². The molecule has 0 radical (unpaired) electrons. The standard InChI is InChI=1S/C3HFO2/c4-3(6)1-2-5/h1H. The van der Waals surface area contributed by atoms with Crippen LogP contribution >= 0.6 is 0 Å². The summed E-state index contributed by atoms with van der Waals surface area (Å²) in [5, 5.41) is 0. The van der Waals surface area contributed by atoms with E-state index in [0.717, 1.165) is 5.94 Å². The van der Waals surface area contributed by atoms with Crippen LogP contribution in [0.5, 0.6) is 0 Å². The molecule has 0 unspecified atom stereocenters. The smallest absolute Gasteiger partial charge is 0.255 e. The van der Waals surface area contributed by atoms with E-state index >= 15 is 0 Å². The molecule has 2 nitrogen and oxygen atoms in total. The molecule has 0 amide bonds. The second kappa shape index (κ2) is 2.30. The Balaban J connectivity index is 3.60. The lowest BCUT2D eigenvalue weighted by Gasteiger charge is -1.55. The van der Waals surface area contributed by atoms with Gasteiger partial charge in [0.2, 0.25) is 0 Å². The van der Waals surface area contributed by atoms with E-state index in [1.807, 2.05) is 0 Å². The summed E-state index contributed by atoms with van der Waals surface area (Å²) in [5.74, 6) is 0.968. The zero-order valence-corrected chi connectivity index (χ0v) is 2.77. The SMILES string of the molecule is O=C=CC(=O)F. The van der Waals surface area contributed by atoms with Crippen LogP contribution in [0.1, 0.15) is 0 Å². The lowest BCUT2D eigenvalue weighted by molar-refractivity contribution is -0.124. The molecule has 0 aliphatic carbocycles. The fraction of sp³-hybridized carbons (Fsp3) is 0. The fourth-order valence-corrected chi connectivity index (χ4v) is 0.0463. The summed E-state index contributed by atoms with van der Waals surface area (Å²) in [6.07, 6.45) is 0.181. The molecule has 0 aromatic rings. The molecule has 0 aromatic heterocycles. The van der Waals surface area contributed by atoms with Crippen molar-refractivity contribution >= 4 is 12.0 Å². The van der Waals surface area contributed by atoms with E-state index in [0.29, 0.717) is 0 Å². The van der Waals surface area contributed by atoms with Crippen molar-refractivity contribution in [1.82, 2.24) is 0 Å². The van der Waals surface area contributed by atoms with Crippen molar-refractivity contribution in [1.29, 1.82) is 0 Å². The van der Waals surface area contributed by atoms with Gasteiger partial charge in [0, 0.05) is 0 Å². The van der Waals surface area contributed by atoms with E-state index in [1.165, 1.54) is 0 Å². The summed E-state index contributed by atoms with van der Waals surface area (Å²) in [6, 6.07) is -1.76. The third-order valence-corrected chi connectivity index (χ3v) is 0.172. The first-order valence-electron chi connectivity index (χ1n) is 1.17. The molecular weight excluding hydrogens is 87.0 g/mol. The Hall–Kier alpha value is -0.950. The Bertz CT molecular complexity index is 101. The average molecular weight is 88.0 g/mol. The third-order valence-electron chi connectivity index (χ3n) is 0.172. The fourth-order valence-electron chi connectivity index (χ4n) is 0.0463. The van der Waals surface area contributed by atoms with Crippen LogP contribution in [0.3, 0.4) is 0 Å². The molecule has 0 heterocycles. The monoisotopic (exact) mass is 88.0 g/mol. The molecule has 0 aliphatic heterocycles. The molecule has 0 atom stereocenters. The summed E-state index contributed by atoms with van der Waals surface area (Å²) < 4.78 is 10.7. The van der Waals surface area contributed by atoms with E-state index in [2.05, 4.69) is 0 Å². The van der Waals surface area contributed by atoms with Gasteiger partial charge in [-0.3, -0.25) is 4.79 Å². The van der Waals surface area contributed by atoms with Gasteiger partial charge in [0.25, 0.3) is 0 Å². The molecule has 3 heteroatoms. The van der Waals surface area contributed by atoms with Crippen molar-refractivity contribution in [2.24, 2.45) is 0 Å². The molecular formula is C3HFO2. The Morgan fingerprint density at radius 1 is 1.83 bits per heavy atom. The minimum atomic E-state index is -1.76. The lowest BCUT2D eigenvalue weighted by Crippen LogP contribution is -1.74. The Morgan fingerprint density at radius 3 is 2.33 bits per heavy atom. The highest BCUT2D eigenvalue weighted by Crippen LogP contribution is 1.65. The number of halogens is 1. The lowest BCUT2D eigenvalue weighted by atomic mass is 10.7. The third kappa shape index (κ3) is 3.05. The summed E-state index contributed by atoms with van der Waals surface area (Å²) in [6.45, 7) is 0. The van der Waals surface area contributed by atoms with Crippen molar-refractivity contribution in [2.45, 2.75) is 0 Å². The number of allylic oxidation sites excluding steroid dienone is 1. The highest BCUT2D eigenvalue weighted by Gasteiger charge is 1.82. The maximum Gasteiger partial charge on any atom is 0.335 e. The van der Waals surface area contributed by atoms with E-state index < -0.39 is 6.04 Å². The van der Waals surface area contributed by atoms with Crippen LogP contribution in [0.15, 0.2) is 6.08 Å². The summed E-state index contributed by atoms with van der Waals surface area (Å²) in [5.41, 5.74) is 0. The maximum absolute atomic E-state index is 10.7. The van der Waals surface area contributed by atoms with Crippen LogP contribution in [0.2, 0.25) is 0 Å². The van der Waals surface area contributed by atoms with Crippen molar-refractivity contribution < 1.29 is 14.0 Å². The first kappa shape index (κ1) is 5.05. The van der Waals surface area contributed by atoms with Gasteiger partial charge in [0.15, 0.2) is 0 Å². The maximum atomic E-state index is 10.7. The normalized spacial score (nSPS) is 6.17. The van der Waals surface area contributed by atoms with Crippen LogP contribution in [0, 0.1) is 0 Å². The van der Waals surface area contributed by atoms with Crippen molar-refractivity contribution in [3.8, 4) is 0 Å². The molecule has 0 saturated carbocycles. The number of carbonyl (C=O) groups excluding carboxylic acids is 2. The minimum absolute atomic E-state index is 0.181. The summed E-state index contributed by atoms with van der Waals surface area (Å²) in [4.78, 5) is 18.0. The van der Waals surface area contributed by atoms with Crippen molar-refractivity contribution in [3.63, 3.8) is 0 Å². The molecule has 0 spiro atoms. The van der Waals surface area contributed by atoms with Crippen molar-refractivity contribution in [2.75, 3.05) is 0 Å². The summed E-state index contributed by atoms with van der Waals surface area (Å²) in [7, 11) is 0. The number of hydrogen-bond donors (Lipinski definition) is 0. The van der Waals surface area contributed by atoms with Gasteiger partial charge in [-0.15, -0.1) is 0 Å². The predicted octanol–water partition coefficient (Wildman–Crippen LogP) is -0.130. The predicted molar refractivity (Wildman–Crippen MR) is 16.4 cm³/mol. The Labute approximate surface area is 33.3 Å². The van der Waals surface area contributed by atoms with Gasteiger partial charge in [-0.2, -0.15) is 4.39 Å². The minimum Gasteiger partial charge on any atom is -0.255 e. The molecule has 32 valence electrons. The molecule has 0 fully saturated rings. The second-order valence-corrected chi connectivity index (χ2v) is 0.566. The number of carbonyl (C=O) groups is 1. The first-order valence-corrected chi connectivity index (χ1v) is 1.17. The van der Waals surface area contributed by atoms with E-state index in [-0.39, 0.29) is 6.08 Å². The van der Waals surface area contributed by atoms with Gasteiger partial charge < -0.3 is 0 Å². The molecule has 0 aliphatic rings. The largest absolute Gasteiger partial charge is 0.335 e. The number of rotatable bonds is 1. The molecule has 0 aromatic carbocycles. The van der Waals surface area contributed by atoms with Gasteiger partial charge >= 0.3 is 6.04 Å². The second-order valence-electron chi connectivity index (χ2n) is 0.566. The van der Waals surface area contributed by atoms with Gasteiger partial charge in [-0.1, -0.05) is 0 Å². The van der Waals surface area contributed by atoms with E-state index in [1.54, 1.807) is 0 Å². The van der Waals surface area contributed by atoms with Crippen LogP contribution in [0.25, 0.3) is 0 Å². The topological polar surface area (TPSA) is 34.1 Å². The van der Waals surface area contributed by atoms with Gasteiger partial charge in [0.1, 0.15) is 5.94 Å². The van der Waals surface area contributed by atoms with Crippen LogP contribution < -0.4 is 0 Å². The zero-order chi connectivity index (χ0) is 4.99. The van der Waals surface area contributed by atoms with Crippen molar-refractivity contribution in [3.05, 3.63) is 6.08 Å². The first-order chi connectivity index (χ1) is 2.77. The molecule has 0 rings (SSSR count). The highest BCUT2D eigenvalue weighted by molar-refractivity contribution is 5.88. The van der Waals surface area contributed by atoms with E-state index in [9.17, 15) is 4.39 Å². The van der Waals surface area contributed by atoms with Crippen LogP contribution in [-0.4, -0.2) is 12.0 Å². The Kier molecular flexibility index (Phi) is 1.93. The Morgan fingerprint density at radius 2 is 2.33 bits per heavy atom. The van der Waals surface area contributed by atoms with E-state index in [4.69, 9.17) is 9.59 Å². The van der Waals surface area contributed by atoms with Gasteiger partial charge in [0.05, 0.1) is 6.08 Å². The number of hydrogen-bond acceptors (Lipinski definition) is 2. The zero-order valence-electron chi connectivity index (χ0n) is 2.77. The molecule has 0 saturated heterocycles. The van der Waals surface area contributed by atoms with Gasteiger partial charge in [-0.05, 0) is 0 Å². The molecule has 0 N–H and O–H groups in total. The quantitative estimate of drug-likeness (QED) is 0.254. The van der Waals surface area contributed by atoms with Gasteiger partial charge in [-0.25, -0.2) is 4.79 Å². The molecule has 0 bridgehead atoms. The highest BCUT2D eigenvalue weighted by atomic mass is 19.1. The molecule has 6 heavy (non-hydrogen) atoms. The summed E-state index contributed by atoms with van der Waals surface area (Å²) >= 11 is 0. The van der Waals surface area contributed by atoms with Crippen LogP contribution in [0.4, 0.5) is 4.39 Å².